The van der Waals surface area contributed by atoms with Crippen LogP contribution in [0.5, 0.6) is 5.75 Å². The van der Waals surface area contributed by atoms with Gasteiger partial charge in [-0.3, -0.25) is 4.79 Å². The van der Waals surface area contributed by atoms with Crippen LogP contribution in [0.15, 0.2) is 30.3 Å². The van der Waals surface area contributed by atoms with Crippen molar-refractivity contribution in [3.63, 3.8) is 0 Å². The van der Waals surface area contributed by atoms with Gasteiger partial charge in [-0.1, -0.05) is 25.1 Å². The normalized spacial score (nSPS) is 12.6. The van der Waals surface area contributed by atoms with E-state index < -0.39 is 11.5 Å². The SMILES string of the molecule is CC(CCOc1ccccc1)C(=O)N(C)C(C)(C)C(=O)O. The van der Waals surface area contributed by atoms with Crippen LogP contribution in [0.3, 0.4) is 0 Å². The molecule has 1 rings (SSSR count). The number of hydrogen-bond acceptors (Lipinski definition) is 3. The first-order valence-corrected chi connectivity index (χ1v) is 6.95. The number of carboxylic acids is 1. The smallest absolute Gasteiger partial charge is 0.329 e. The Morgan fingerprint density at radius 2 is 1.86 bits per heavy atom. The lowest BCUT2D eigenvalue weighted by Crippen LogP contribution is -2.52. The van der Waals surface area contributed by atoms with Gasteiger partial charge in [0.2, 0.25) is 5.91 Å². The number of carbonyl (C=O) groups excluding carboxylic acids is 1. The van der Waals surface area contributed by atoms with Gasteiger partial charge < -0.3 is 14.7 Å². The first-order chi connectivity index (χ1) is 9.76. The number of nitrogens with zero attached hydrogens (tertiary/aromatic N) is 1. The van der Waals surface area contributed by atoms with E-state index in [1.807, 2.05) is 30.3 Å². The quantitative estimate of drug-likeness (QED) is 0.838. The van der Waals surface area contributed by atoms with Gasteiger partial charge in [0.15, 0.2) is 0 Å². The Bertz CT molecular complexity index is 484. The van der Waals surface area contributed by atoms with E-state index in [1.54, 1.807) is 6.92 Å². The molecule has 0 aliphatic rings. The Hall–Kier alpha value is -2.04. The van der Waals surface area contributed by atoms with Gasteiger partial charge in [0.1, 0.15) is 11.3 Å². The predicted molar refractivity (Wildman–Crippen MR) is 80.2 cm³/mol. The summed E-state index contributed by atoms with van der Waals surface area (Å²) in [7, 11) is 1.52. The molecule has 0 saturated heterocycles. The second-order valence-corrected chi connectivity index (χ2v) is 5.61. The van der Waals surface area contributed by atoms with Crippen molar-refractivity contribution in [2.75, 3.05) is 13.7 Å². The van der Waals surface area contributed by atoms with Gasteiger partial charge in [0.25, 0.3) is 0 Å². The van der Waals surface area contributed by atoms with E-state index in [4.69, 9.17) is 9.84 Å². The molecule has 1 amide bonds. The number of rotatable bonds is 7. The third-order valence-corrected chi connectivity index (χ3v) is 3.68. The van der Waals surface area contributed by atoms with E-state index in [0.717, 1.165) is 5.75 Å². The standard InChI is InChI=1S/C16H23NO4/c1-12(10-11-21-13-8-6-5-7-9-13)14(18)17(4)16(2,3)15(19)20/h5-9,12H,10-11H2,1-4H3,(H,19,20). The minimum absolute atomic E-state index is 0.195. The average molecular weight is 293 g/mol. The van der Waals surface area contributed by atoms with Crippen molar-refractivity contribution >= 4 is 11.9 Å². The van der Waals surface area contributed by atoms with Crippen molar-refractivity contribution in [2.45, 2.75) is 32.7 Å². The van der Waals surface area contributed by atoms with Crippen LogP contribution < -0.4 is 4.74 Å². The highest BCUT2D eigenvalue weighted by atomic mass is 16.5. The second kappa shape index (κ2) is 7.11. The molecule has 1 N–H and O–H groups in total. The summed E-state index contributed by atoms with van der Waals surface area (Å²) in [6.07, 6.45) is 0.535. The molecule has 5 nitrogen and oxygen atoms in total. The fraction of sp³-hybridized carbons (Fsp3) is 0.500. The van der Waals surface area contributed by atoms with Crippen LogP contribution in [0.25, 0.3) is 0 Å². The van der Waals surface area contributed by atoms with Gasteiger partial charge in [0.05, 0.1) is 6.61 Å². The van der Waals surface area contributed by atoms with Gasteiger partial charge in [-0.05, 0) is 32.4 Å². The lowest BCUT2D eigenvalue weighted by Gasteiger charge is -2.33. The molecule has 116 valence electrons. The Morgan fingerprint density at radius 3 is 2.38 bits per heavy atom. The molecule has 1 atom stereocenters. The maximum absolute atomic E-state index is 12.2. The summed E-state index contributed by atoms with van der Waals surface area (Å²) in [5.74, 6) is -0.751. The minimum Gasteiger partial charge on any atom is -0.494 e. The summed E-state index contributed by atoms with van der Waals surface area (Å²) < 4.78 is 5.55. The molecular weight excluding hydrogens is 270 g/mol. The van der Waals surface area contributed by atoms with E-state index in [9.17, 15) is 9.59 Å². The topological polar surface area (TPSA) is 66.8 Å². The van der Waals surface area contributed by atoms with Crippen molar-refractivity contribution in [3.05, 3.63) is 30.3 Å². The van der Waals surface area contributed by atoms with Crippen molar-refractivity contribution in [2.24, 2.45) is 5.92 Å². The summed E-state index contributed by atoms with van der Waals surface area (Å²) in [6, 6.07) is 9.38. The summed E-state index contributed by atoms with van der Waals surface area (Å²) in [4.78, 5) is 24.7. The van der Waals surface area contributed by atoms with Crippen LogP contribution in [-0.2, 0) is 9.59 Å². The largest absolute Gasteiger partial charge is 0.494 e. The fourth-order valence-corrected chi connectivity index (χ4v) is 1.74. The van der Waals surface area contributed by atoms with Gasteiger partial charge in [-0.2, -0.15) is 0 Å². The van der Waals surface area contributed by atoms with Crippen molar-refractivity contribution in [1.29, 1.82) is 0 Å². The highest BCUT2D eigenvalue weighted by Crippen LogP contribution is 2.18. The predicted octanol–water partition coefficient (Wildman–Crippen LogP) is 2.41. The Morgan fingerprint density at radius 1 is 1.29 bits per heavy atom. The molecule has 0 heterocycles. The van der Waals surface area contributed by atoms with Crippen LogP contribution >= 0.6 is 0 Å². The molecule has 0 fully saturated rings. The molecular formula is C16H23NO4. The number of likely N-dealkylation sites (N-methyl/N-ethyl adjacent to an activating group) is 1. The van der Waals surface area contributed by atoms with Crippen LogP contribution in [0.1, 0.15) is 27.2 Å². The number of amides is 1. The minimum atomic E-state index is -1.22. The molecule has 1 aromatic carbocycles. The van der Waals surface area contributed by atoms with Crippen LogP contribution in [-0.4, -0.2) is 41.1 Å². The van der Waals surface area contributed by atoms with Crippen molar-refractivity contribution < 1.29 is 19.4 Å². The molecule has 0 aromatic heterocycles. The van der Waals surface area contributed by atoms with E-state index >= 15 is 0 Å². The van der Waals surface area contributed by atoms with Gasteiger partial charge in [-0.15, -0.1) is 0 Å². The Labute approximate surface area is 125 Å². The zero-order valence-electron chi connectivity index (χ0n) is 13.0. The van der Waals surface area contributed by atoms with Gasteiger partial charge in [0, 0.05) is 13.0 Å². The van der Waals surface area contributed by atoms with Crippen molar-refractivity contribution in [3.8, 4) is 5.75 Å². The molecule has 0 spiro atoms. The van der Waals surface area contributed by atoms with E-state index in [0.29, 0.717) is 13.0 Å². The third kappa shape index (κ3) is 4.48. The molecule has 21 heavy (non-hydrogen) atoms. The molecule has 0 aliphatic heterocycles. The molecule has 0 radical (unpaired) electrons. The summed E-state index contributed by atoms with van der Waals surface area (Å²) >= 11 is 0. The van der Waals surface area contributed by atoms with Crippen LogP contribution in [0, 0.1) is 5.92 Å². The molecule has 0 bridgehead atoms. The average Bonchev–Trinajstić information content (AvgIpc) is 2.46. The van der Waals surface area contributed by atoms with E-state index in [1.165, 1.54) is 25.8 Å². The number of aliphatic carboxylic acids is 1. The first-order valence-electron chi connectivity index (χ1n) is 6.95. The number of ether oxygens (including phenoxy) is 1. The Balaban J connectivity index is 2.49. The van der Waals surface area contributed by atoms with Gasteiger partial charge >= 0.3 is 5.97 Å². The summed E-state index contributed by atoms with van der Waals surface area (Å²) in [6.45, 7) is 5.23. The number of para-hydroxylation sites is 1. The zero-order valence-corrected chi connectivity index (χ0v) is 13.0. The van der Waals surface area contributed by atoms with Crippen molar-refractivity contribution in [1.82, 2.24) is 4.90 Å². The number of hydrogen-bond donors (Lipinski definition) is 1. The maximum Gasteiger partial charge on any atom is 0.329 e. The number of carboxylic acid groups (broad SMARTS) is 1. The highest BCUT2D eigenvalue weighted by molar-refractivity contribution is 5.87. The lowest BCUT2D eigenvalue weighted by molar-refractivity contribution is -0.156. The molecule has 1 aromatic rings. The van der Waals surface area contributed by atoms with E-state index in [-0.39, 0.29) is 11.8 Å². The molecule has 0 saturated carbocycles. The molecule has 1 unspecified atom stereocenters. The fourth-order valence-electron chi connectivity index (χ4n) is 1.74. The summed E-state index contributed by atoms with van der Waals surface area (Å²) in [5, 5.41) is 9.15. The van der Waals surface area contributed by atoms with Crippen LogP contribution in [0.2, 0.25) is 0 Å². The number of benzene rings is 1. The molecule has 0 aliphatic carbocycles. The monoisotopic (exact) mass is 293 g/mol. The zero-order chi connectivity index (χ0) is 16.0. The highest BCUT2D eigenvalue weighted by Gasteiger charge is 2.36. The number of carbonyl (C=O) groups is 2. The molecule has 5 heteroatoms. The third-order valence-electron chi connectivity index (χ3n) is 3.68. The van der Waals surface area contributed by atoms with Gasteiger partial charge in [-0.25, -0.2) is 4.79 Å². The van der Waals surface area contributed by atoms with E-state index in [2.05, 4.69) is 0 Å². The second-order valence-electron chi connectivity index (χ2n) is 5.61. The lowest BCUT2D eigenvalue weighted by atomic mass is 9.99. The summed E-state index contributed by atoms with van der Waals surface area (Å²) in [5.41, 5.74) is -1.22. The maximum atomic E-state index is 12.2. The van der Waals surface area contributed by atoms with Crippen LogP contribution in [0.4, 0.5) is 0 Å². The first kappa shape index (κ1) is 17.0. The Kier molecular flexibility index (Phi) is 5.76.